The lowest BCUT2D eigenvalue weighted by Crippen LogP contribution is -2.18. The zero-order valence-electron chi connectivity index (χ0n) is 17.0. The quantitative estimate of drug-likeness (QED) is 0.488. The fourth-order valence-corrected chi connectivity index (χ4v) is 3.04. The lowest BCUT2D eigenvalue weighted by Gasteiger charge is -2.12. The average molecular weight is 364 g/mol. The molecular weight excluding hydrogens is 347 g/mol. The van der Waals surface area contributed by atoms with Crippen LogP contribution in [0.5, 0.6) is 0 Å². The van der Waals surface area contributed by atoms with Crippen LogP contribution in [-0.2, 0) is 6.50 Å². The molecule has 2 heterocycles. The minimum Gasteiger partial charge on any atom is -0.623 e. The fraction of sp³-hybridized carbons (Fsp3) is 0.118. The zero-order valence-corrected chi connectivity index (χ0v) is 13.5. The summed E-state index contributed by atoms with van der Waals surface area (Å²) in [4.78, 5) is 0. The number of hydroxylamine groups is 1. The van der Waals surface area contributed by atoms with E-state index in [9.17, 15) is 5.21 Å². The van der Waals surface area contributed by atoms with Gasteiger partial charge in [0, 0.05) is 9.13 Å². The number of halogens is 2. The molecule has 0 aliphatic carbocycles. The van der Waals surface area contributed by atoms with Crippen molar-refractivity contribution in [3.63, 3.8) is 0 Å². The predicted octanol–water partition coefficient (Wildman–Crippen LogP) is 3.74. The second-order valence-corrected chi connectivity index (χ2v) is 5.92. The van der Waals surface area contributed by atoms with Gasteiger partial charge >= 0.3 is 0 Å². The molecule has 2 aromatic carbocycles. The van der Waals surface area contributed by atoms with Crippen LogP contribution in [0, 0.1) is 12.1 Å². The molecule has 120 valence electrons. The van der Waals surface area contributed by atoms with E-state index in [1.807, 2.05) is 0 Å². The highest BCUT2D eigenvalue weighted by molar-refractivity contribution is 6.35. The van der Waals surface area contributed by atoms with Crippen molar-refractivity contribution in [1.29, 1.82) is 0 Å². The van der Waals surface area contributed by atoms with Crippen molar-refractivity contribution in [3.8, 4) is 5.69 Å². The summed E-state index contributed by atoms with van der Waals surface area (Å²) in [6.45, 7) is -5.43. The van der Waals surface area contributed by atoms with Crippen LogP contribution in [0.1, 0.15) is 29.6 Å². The summed E-state index contributed by atoms with van der Waals surface area (Å²) < 4.78 is 41.3. The highest BCUT2D eigenvalue weighted by atomic mass is 35.5. The van der Waals surface area contributed by atoms with Crippen molar-refractivity contribution in [3.05, 3.63) is 80.5 Å². The largest absolute Gasteiger partial charge is 0.623 e. The van der Waals surface area contributed by atoms with Crippen molar-refractivity contribution < 1.29 is 11.6 Å². The van der Waals surface area contributed by atoms with Gasteiger partial charge in [0.15, 0.2) is 0 Å². The highest BCUT2D eigenvalue weighted by Gasteiger charge is 2.29. The van der Waals surface area contributed by atoms with Crippen LogP contribution in [0.2, 0.25) is 10.0 Å². The van der Waals surface area contributed by atoms with Gasteiger partial charge in [0.1, 0.15) is 8.57 Å². The van der Waals surface area contributed by atoms with Gasteiger partial charge in [-0.25, -0.2) is 0 Å². The van der Waals surface area contributed by atoms with Crippen LogP contribution in [0.25, 0.3) is 5.69 Å². The molecule has 0 atom stereocenters. The van der Waals surface area contributed by atoms with Crippen LogP contribution in [-0.4, -0.2) is 25.2 Å². The van der Waals surface area contributed by atoms with Gasteiger partial charge in [0.25, 0.3) is 0 Å². The van der Waals surface area contributed by atoms with Crippen molar-refractivity contribution in [2.75, 3.05) is 0 Å². The maximum Gasteiger partial charge on any atom is 0.229 e. The molecule has 0 radical (unpaired) electrons. The van der Waals surface area contributed by atoms with Crippen LogP contribution in [0.3, 0.4) is 0 Å². The van der Waals surface area contributed by atoms with E-state index < -0.39 is 25.0 Å². The Balaban J connectivity index is 2.18. The third-order valence-corrected chi connectivity index (χ3v) is 4.22. The van der Waals surface area contributed by atoms with E-state index in [0.717, 1.165) is 4.57 Å². The summed E-state index contributed by atoms with van der Waals surface area (Å²) in [5, 5.41) is 21.2. The number of hydrogen-bond acceptors (Lipinski definition) is 3. The van der Waals surface area contributed by atoms with Gasteiger partial charge < -0.3 is 5.21 Å². The summed E-state index contributed by atoms with van der Waals surface area (Å²) in [5.41, 5.74) is 0.581. The zero-order chi connectivity index (χ0) is 21.1. The second-order valence-electron chi connectivity index (χ2n) is 5.08. The highest BCUT2D eigenvalue weighted by Crippen LogP contribution is 2.29. The number of rotatable bonds is 1. The molecule has 0 spiro atoms. The van der Waals surface area contributed by atoms with Crippen LogP contribution in [0.4, 0.5) is 0 Å². The first-order valence-corrected chi connectivity index (χ1v) is 7.65. The fourth-order valence-electron chi connectivity index (χ4n) is 2.64. The molecule has 1 aliphatic rings. The predicted molar refractivity (Wildman–Crippen MR) is 93.1 cm³/mol. The Labute approximate surface area is 155 Å². The summed E-state index contributed by atoms with van der Waals surface area (Å²) in [6.07, 6.45) is 0. The normalized spacial score (nSPS) is 19.2. The number of nitrogens with zero attached hydrogens (tertiary/aromatic N) is 4. The number of fused-ring (bicyclic) bond motifs is 3. The van der Waals surface area contributed by atoms with Crippen molar-refractivity contribution >= 4 is 28.9 Å². The standard InChI is InChI=1S/C17H12Cl2N4O/c1-10-20-21-16-9-22(24)17(12-4-2-3-5-14(12)19)13-8-11(18)6-7-15(13)23(10)16/h2-8H,9H2,1H3/i1D3,9D2. The number of hydrogen-bond donors (Lipinski definition) is 0. The number of aromatic nitrogens is 3. The minimum absolute atomic E-state index is 0.0971. The van der Waals surface area contributed by atoms with E-state index >= 15 is 0 Å². The van der Waals surface area contributed by atoms with Gasteiger partial charge in [-0.05, 0) is 37.2 Å². The van der Waals surface area contributed by atoms with Crippen molar-refractivity contribution in [2.45, 2.75) is 13.3 Å². The molecule has 24 heavy (non-hydrogen) atoms. The van der Waals surface area contributed by atoms with Crippen LogP contribution >= 0.6 is 23.2 Å². The molecule has 0 unspecified atom stereocenters. The van der Waals surface area contributed by atoms with Crippen molar-refractivity contribution in [2.24, 2.45) is 0 Å². The third-order valence-electron chi connectivity index (χ3n) is 3.65. The van der Waals surface area contributed by atoms with Crippen LogP contribution in [0.15, 0.2) is 42.5 Å². The molecule has 4 rings (SSSR count). The van der Waals surface area contributed by atoms with E-state index in [2.05, 4.69) is 10.2 Å². The van der Waals surface area contributed by atoms with E-state index in [1.54, 1.807) is 24.3 Å². The Morgan fingerprint density at radius 1 is 1.21 bits per heavy atom. The van der Waals surface area contributed by atoms with E-state index in [-0.39, 0.29) is 37.3 Å². The molecular formula is C17H12Cl2N4O. The van der Waals surface area contributed by atoms with Gasteiger partial charge in [-0.1, -0.05) is 35.3 Å². The van der Waals surface area contributed by atoms with Gasteiger partial charge in [-0.3, -0.25) is 4.57 Å². The Bertz CT molecular complexity index is 1170. The summed E-state index contributed by atoms with van der Waals surface area (Å²) in [6, 6.07) is 10.9. The minimum atomic E-state index is -2.74. The first kappa shape index (κ1) is 10.5. The molecule has 0 saturated heterocycles. The van der Waals surface area contributed by atoms with Crippen LogP contribution < -0.4 is 0 Å². The van der Waals surface area contributed by atoms with E-state index in [4.69, 9.17) is 30.1 Å². The van der Waals surface area contributed by atoms with Gasteiger partial charge in [-0.15, -0.1) is 10.2 Å². The lowest BCUT2D eigenvalue weighted by atomic mass is 10.00. The second kappa shape index (κ2) is 5.61. The van der Waals surface area contributed by atoms with Gasteiger partial charge in [-0.2, -0.15) is 4.74 Å². The number of aryl methyl sites for hydroxylation is 1. The lowest BCUT2D eigenvalue weighted by molar-refractivity contribution is -0.475. The SMILES string of the molecule is [2H]C([2H])([2H])c1nnc2n1-c1ccc(Cl)cc1C(c1ccccc1Cl)=[N+]([O-])C2([2H])[2H]. The van der Waals surface area contributed by atoms with Crippen molar-refractivity contribution in [1.82, 2.24) is 14.8 Å². The van der Waals surface area contributed by atoms with E-state index in [0.29, 0.717) is 0 Å². The molecule has 1 aliphatic heterocycles. The first-order chi connectivity index (χ1) is 13.5. The third kappa shape index (κ3) is 2.28. The molecule has 3 aromatic rings. The average Bonchev–Trinajstić information content (AvgIpc) is 3.07. The Morgan fingerprint density at radius 2 is 2.04 bits per heavy atom. The molecule has 7 heteroatoms. The molecule has 0 amide bonds. The Hall–Kier alpha value is -2.37. The maximum atomic E-state index is 13.3. The monoisotopic (exact) mass is 363 g/mol. The van der Waals surface area contributed by atoms with Gasteiger partial charge in [0.2, 0.25) is 18.0 Å². The Morgan fingerprint density at radius 3 is 2.83 bits per heavy atom. The topological polar surface area (TPSA) is 56.8 Å². The smallest absolute Gasteiger partial charge is 0.229 e. The number of benzene rings is 2. The molecule has 0 fully saturated rings. The van der Waals surface area contributed by atoms with Gasteiger partial charge in [0.05, 0.1) is 21.8 Å². The summed E-state index contributed by atoms with van der Waals surface area (Å²) in [7, 11) is 0. The molecule has 0 saturated carbocycles. The summed E-state index contributed by atoms with van der Waals surface area (Å²) in [5.74, 6) is -0.919. The molecule has 0 bridgehead atoms. The molecule has 5 nitrogen and oxygen atoms in total. The Kier molecular flexibility index (Phi) is 2.45. The first-order valence-electron chi connectivity index (χ1n) is 9.39. The maximum absolute atomic E-state index is 13.3. The molecule has 1 aromatic heterocycles. The molecule has 0 N–H and O–H groups in total. The summed E-state index contributed by atoms with van der Waals surface area (Å²) >= 11 is 12.5. The van der Waals surface area contributed by atoms with E-state index in [1.165, 1.54) is 18.2 Å².